The molecular weight excluding hydrogens is 345 g/mol. The number of nitrogens with zero attached hydrogens (tertiary/aromatic N) is 3. The summed E-state index contributed by atoms with van der Waals surface area (Å²) in [6.45, 7) is 7.88. The molecule has 1 N–H and O–H groups in total. The van der Waals surface area contributed by atoms with Gasteiger partial charge in [0.05, 0.1) is 17.2 Å². The molecule has 4 rings (SSSR count). The minimum atomic E-state index is -1.11. The number of carboxylic acid groups (broad SMARTS) is 1. The molecule has 138 valence electrons. The number of carbonyl (C=O) groups is 1. The number of aryl methyl sites for hydroxylation is 2. The van der Waals surface area contributed by atoms with E-state index >= 15 is 0 Å². The van der Waals surface area contributed by atoms with Crippen molar-refractivity contribution in [1.82, 2.24) is 14.3 Å². The molecule has 2 aromatic carbocycles. The van der Waals surface area contributed by atoms with Crippen molar-refractivity contribution in [3.8, 4) is 5.69 Å². The van der Waals surface area contributed by atoms with Gasteiger partial charge in [-0.2, -0.15) is 9.78 Å². The number of fused-ring (bicyclic) bond motifs is 2. The molecule has 2 heterocycles. The summed E-state index contributed by atoms with van der Waals surface area (Å²) < 4.78 is 16.9. The molecule has 27 heavy (non-hydrogen) atoms. The third-order valence-corrected chi connectivity index (χ3v) is 5.09. The number of aromatic nitrogens is 3. The largest absolute Gasteiger partial charge is 0.463 e. The van der Waals surface area contributed by atoms with Crippen LogP contribution in [0.5, 0.6) is 0 Å². The number of halogens is 1. The summed E-state index contributed by atoms with van der Waals surface area (Å²) in [5, 5.41) is 15.1. The van der Waals surface area contributed by atoms with Gasteiger partial charge in [-0.25, -0.2) is 9.18 Å². The fraction of sp³-hybridized carbons (Fsp3) is 0.238. The third kappa shape index (κ3) is 2.51. The Hall–Kier alpha value is -3.15. The molecule has 0 aliphatic heterocycles. The number of hydrogen-bond donors (Lipinski definition) is 1. The van der Waals surface area contributed by atoms with E-state index in [1.807, 2.05) is 19.1 Å². The highest BCUT2D eigenvalue weighted by Gasteiger charge is 2.20. The normalized spacial score (nSPS) is 11.8. The zero-order chi connectivity index (χ0) is 19.5. The predicted molar refractivity (Wildman–Crippen MR) is 104 cm³/mol. The molecule has 0 amide bonds. The van der Waals surface area contributed by atoms with Gasteiger partial charge in [0.2, 0.25) is 0 Å². The maximum Gasteiger partial charge on any atom is 0.432 e. The van der Waals surface area contributed by atoms with Gasteiger partial charge in [0, 0.05) is 22.2 Å². The van der Waals surface area contributed by atoms with Crippen molar-refractivity contribution in [3.63, 3.8) is 0 Å². The summed E-state index contributed by atoms with van der Waals surface area (Å²) in [6, 6.07) is 9.13. The van der Waals surface area contributed by atoms with E-state index < -0.39 is 6.09 Å². The van der Waals surface area contributed by atoms with Gasteiger partial charge in [-0.1, -0.05) is 13.8 Å². The average molecular weight is 365 g/mol. The lowest BCUT2D eigenvalue weighted by Crippen LogP contribution is -2.09. The molecule has 0 spiro atoms. The SMILES string of the molecule is Cc1cc(-n2c(C(C)C)cc3c(C)c4c(cnn4C(=O)O)cc32)ccc1F. The van der Waals surface area contributed by atoms with Crippen molar-refractivity contribution < 1.29 is 14.3 Å². The first-order valence-electron chi connectivity index (χ1n) is 8.82. The van der Waals surface area contributed by atoms with Crippen LogP contribution >= 0.6 is 0 Å². The minimum absolute atomic E-state index is 0.234. The summed E-state index contributed by atoms with van der Waals surface area (Å²) in [5.74, 6) is 0.00357. The molecule has 6 heteroatoms. The van der Waals surface area contributed by atoms with Crippen LogP contribution in [0.25, 0.3) is 27.5 Å². The molecule has 0 fully saturated rings. The lowest BCUT2D eigenvalue weighted by Gasteiger charge is -2.14. The molecule has 0 bridgehead atoms. The van der Waals surface area contributed by atoms with Crippen LogP contribution in [0.4, 0.5) is 9.18 Å². The van der Waals surface area contributed by atoms with Crippen molar-refractivity contribution in [3.05, 3.63) is 59.2 Å². The monoisotopic (exact) mass is 365 g/mol. The van der Waals surface area contributed by atoms with E-state index in [1.165, 1.54) is 6.07 Å². The lowest BCUT2D eigenvalue weighted by molar-refractivity contribution is 0.194. The number of rotatable bonds is 2. The number of benzene rings is 2. The van der Waals surface area contributed by atoms with E-state index in [9.17, 15) is 14.3 Å². The summed E-state index contributed by atoms with van der Waals surface area (Å²) in [5.41, 5.74) is 4.97. The Morgan fingerprint density at radius 3 is 2.56 bits per heavy atom. The first kappa shape index (κ1) is 17.3. The van der Waals surface area contributed by atoms with Gasteiger partial charge >= 0.3 is 6.09 Å². The van der Waals surface area contributed by atoms with E-state index in [2.05, 4.69) is 29.6 Å². The first-order chi connectivity index (χ1) is 12.8. The summed E-state index contributed by atoms with van der Waals surface area (Å²) >= 11 is 0. The third-order valence-electron chi connectivity index (χ3n) is 5.09. The first-order valence-corrected chi connectivity index (χ1v) is 8.82. The zero-order valence-electron chi connectivity index (χ0n) is 15.6. The Kier molecular flexibility index (Phi) is 3.80. The van der Waals surface area contributed by atoms with Gasteiger partial charge < -0.3 is 9.67 Å². The van der Waals surface area contributed by atoms with E-state index in [0.29, 0.717) is 11.1 Å². The highest BCUT2D eigenvalue weighted by Crippen LogP contribution is 2.35. The van der Waals surface area contributed by atoms with Crippen molar-refractivity contribution in [2.75, 3.05) is 0 Å². The second kappa shape index (κ2) is 5.94. The van der Waals surface area contributed by atoms with Crippen LogP contribution in [-0.4, -0.2) is 25.5 Å². The Bertz CT molecular complexity index is 1220. The van der Waals surface area contributed by atoms with E-state index in [4.69, 9.17) is 0 Å². The number of hydrogen-bond acceptors (Lipinski definition) is 2. The van der Waals surface area contributed by atoms with Gasteiger partial charge in [0.1, 0.15) is 5.82 Å². The van der Waals surface area contributed by atoms with Crippen LogP contribution < -0.4 is 0 Å². The molecule has 0 saturated carbocycles. The van der Waals surface area contributed by atoms with Gasteiger partial charge in [-0.15, -0.1) is 0 Å². The van der Waals surface area contributed by atoms with Crippen molar-refractivity contribution >= 4 is 27.9 Å². The molecule has 4 aromatic rings. The van der Waals surface area contributed by atoms with Crippen molar-refractivity contribution in [2.45, 2.75) is 33.6 Å². The molecule has 0 aliphatic carbocycles. The van der Waals surface area contributed by atoms with Crippen LogP contribution in [0, 0.1) is 19.7 Å². The van der Waals surface area contributed by atoms with Crippen molar-refractivity contribution in [1.29, 1.82) is 0 Å². The average Bonchev–Trinajstić information content (AvgIpc) is 3.20. The molecule has 0 atom stereocenters. The lowest BCUT2D eigenvalue weighted by atomic mass is 10.1. The van der Waals surface area contributed by atoms with Crippen LogP contribution in [0.2, 0.25) is 0 Å². The van der Waals surface area contributed by atoms with E-state index in [1.54, 1.807) is 19.2 Å². The quantitative estimate of drug-likeness (QED) is 0.518. The molecule has 0 unspecified atom stereocenters. The van der Waals surface area contributed by atoms with Gasteiger partial charge in [-0.3, -0.25) is 0 Å². The Balaban J connectivity index is 2.12. The molecule has 0 saturated heterocycles. The van der Waals surface area contributed by atoms with Gasteiger partial charge in [0.15, 0.2) is 0 Å². The smallest absolute Gasteiger partial charge is 0.432 e. The highest BCUT2D eigenvalue weighted by atomic mass is 19.1. The fourth-order valence-corrected chi connectivity index (χ4v) is 3.73. The Morgan fingerprint density at radius 1 is 1.19 bits per heavy atom. The molecule has 0 aliphatic rings. The maximum atomic E-state index is 13.8. The van der Waals surface area contributed by atoms with Gasteiger partial charge in [-0.05, 0) is 61.2 Å². The fourth-order valence-electron chi connectivity index (χ4n) is 3.73. The second-order valence-electron chi connectivity index (χ2n) is 7.20. The Labute approximate surface area is 155 Å². The van der Waals surface area contributed by atoms with E-state index in [-0.39, 0.29) is 11.7 Å². The van der Waals surface area contributed by atoms with Gasteiger partial charge in [0.25, 0.3) is 0 Å². The minimum Gasteiger partial charge on any atom is -0.463 e. The highest BCUT2D eigenvalue weighted by molar-refractivity contribution is 6.02. The predicted octanol–water partition coefficient (Wildman–Crippen LogP) is 5.39. The maximum absolute atomic E-state index is 13.8. The van der Waals surface area contributed by atoms with Crippen molar-refractivity contribution in [2.24, 2.45) is 0 Å². The summed E-state index contributed by atoms with van der Waals surface area (Å²) in [6.07, 6.45) is 0.461. The second-order valence-corrected chi connectivity index (χ2v) is 7.20. The Morgan fingerprint density at radius 2 is 1.93 bits per heavy atom. The topological polar surface area (TPSA) is 60.0 Å². The van der Waals surface area contributed by atoms with E-state index in [0.717, 1.165) is 37.9 Å². The van der Waals surface area contributed by atoms with Crippen LogP contribution in [-0.2, 0) is 0 Å². The standard InChI is InChI=1S/C21H20FN3O2/c1-11(2)18-9-16-13(4)20-14(10-23-25(20)21(26)27)8-19(16)24(18)15-5-6-17(22)12(3)7-15/h5-11H,1-4H3,(H,26,27). The van der Waals surface area contributed by atoms with Crippen LogP contribution in [0.1, 0.15) is 36.6 Å². The molecule has 2 aromatic heterocycles. The molecule has 5 nitrogen and oxygen atoms in total. The molecule has 0 radical (unpaired) electrons. The molecular formula is C21H20FN3O2. The zero-order valence-corrected chi connectivity index (χ0v) is 15.6. The summed E-state index contributed by atoms with van der Waals surface area (Å²) in [7, 11) is 0. The summed E-state index contributed by atoms with van der Waals surface area (Å²) in [4.78, 5) is 11.5. The van der Waals surface area contributed by atoms with Crippen LogP contribution in [0.3, 0.4) is 0 Å². The van der Waals surface area contributed by atoms with Crippen LogP contribution in [0.15, 0.2) is 36.5 Å².